The molecule has 0 fully saturated rings. The second kappa shape index (κ2) is 4.27. The van der Waals surface area contributed by atoms with Crippen LogP contribution < -0.4 is 5.73 Å². The summed E-state index contributed by atoms with van der Waals surface area (Å²) in [6.45, 7) is 0.610. The number of nitrogens with two attached hydrogens (primary N) is 1. The minimum Gasteiger partial charge on any atom is -0.330 e. The van der Waals surface area contributed by atoms with Crippen molar-refractivity contribution >= 4 is 17.0 Å². The van der Waals surface area contributed by atoms with Crippen LogP contribution in [0.1, 0.15) is 5.69 Å². The van der Waals surface area contributed by atoms with E-state index in [2.05, 4.69) is 21.5 Å². The molecule has 3 heterocycles. The predicted octanol–water partition coefficient (Wildman–Crippen LogP) is 1.96. The minimum atomic E-state index is 0.610. The summed E-state index contributed by atoms with van der Waals surface area (Å²) in [5, 5.41) is 6.66. The quantitative estimate of drug-likeness (QED) is 0.766. The molecule has 5 heteroatoms. The topological polar surface area (TPSA) is 56.2 Å². The van der Waals surface area contributed by atoms with Crippen LogP contribution in [0.5, 0.6) is 0 Å². The number of rotatable bonds is 3. The summed E-state index contributed by atoms with van der Waals surface area (Å²) >= 11 is 1.69. The molecule has 86 valence electrons. The van der Waals surface area contributed by atoms with Gasteiger partial charge in [0.15, 0.2) is 5.65 Å². The van der Waals surface area contributed by atoms with E-state index in [1.54, 1.807) is 11.3 Å². The van der Waals surface area contributed by atoms with Crippen LogP contribution in [0.25, 0.3) is 16.2 Å². The molecule has 3 aromatic rings. The SMILES string of the molecule is NCCc1cnc2ccc(-c3cccs3)nn12. The van der Waals surface area contributed by atoms with Gasteiger partial charge in [0.05, 0.1) is 16.8 Å². The van der Waals surface area contributed by atoms with E-state index in [9.17, 15) is 0 Å². The van der Waals surface area contributed by atoms with E-state index in [0.717, 1.165) is 23.5 Å². The van der Waals surface area contributed by atoms with Crippen LogP contribution in [0, 0.1) is 0 Å². The first kappa shape index (κ1) is 10.4. The summed E-state index contributed by atoms with van der Waals surface area (Å²) in [4.78, 5) is 5.47. The second-order valence-corrected chi connectivity index (χ2v) is 4.70. The van der Waals surface area contributed by atoms with E-state index >= 15 is 0 Å². The lowest BCUT2D eigenvalue weighted by molar-refractivity contribution is 0.830. The Hall–Kier alpha value is -1.72. The predicted molar refractivity (Wildman–Crippen MR) is 69.1 cm³/mol. The molecular formula is C12H12N4S. The van der Waals surface area contributed by atoms with Gasteiger partial charge in [-0.05, 0) is 30.1 Å². The van der Waals surface area contributed by atoms with E-state index in [1.807, 2.05) is 28.9 Å². The lowest BCUT2D eigenvalue weighted by Crippen LogP contribution is -2.06. The van der Waals surface area contributed by atoms with Crippen molar-refractivity contribution in [3.8, 4) is 10.6 Å². The maximum atomic E-state index is 5.58. The number of thiophene rings is 1. The fourth-order valence-electron chi connectivity index (χ4n) is 1.79. The first-order valence-corrected chi connectivity index (χ1v) is 6.34. The number of hydrogen-bond acceptors (Lipinski definition) is 4. The minimum absolute atomic E-state index is 0.610. The van der Waals surface area contributed by atoms with Crippen molar-refractivity contribution in [2.45, 2.75) is 6.42 Å². The van der Waals surface area contributed by atoms with Crippen molar-refractivity contribution in [2.24, 2.45) is 5.73 Å². The fraction of sp³-hybridized carbons (Fsp3) is 0.167. The van der Waals surface area contributed by atoms with Crippen molar-refractivity contribution in [1.29, 1.82) is 0 Å². The number of aromatic nitrogens is 3. The Balaban J connectivity index is 2.13. The highest BCUT2D eigenvalue weighted by Crippen LogP contribution is 2.22. The highest BCUT2D eigenvalue weighted by molar-refractivity contribution is 7.13. The molecular weight excluding hydrogens is 232 g/mol. The Kier molecular flexibility index (Phi) is 2.62. The molecule has 0 bridgehead atoms. The van der Waals surface area contributed by atoms with Gasteiger partial charge >= 0.3 is 0 Å². The molecule has 2 N–H and O–H groups in total. The van der Waals surface area contributed by atoms with Crippen molar-refractivity contribution in [3.63, 3.8) is 0 Å². The van der Waals surface area contributed by atoms with Crippen LogP contribution in [0.2, 0.25) is 0 Å². The third-order valence-corrected chi connectivity index (χ3v) is 3.50. The molecule has 3 rings (SSSR count). The van der Waals surface area contributed by atoms with Gasteiger partial charge in [-0.25, -0.2) is 9.50 Å². The van der Waals surface area contributed by atoms with E-state index < -0.39 is 0 Å². The average molecular weight is 244 g/mol. The van der Waals surface area contributed by atoms with Gasteiger partial charge in [0, 0.05) is 6.42 Å². The molecule has 0 radical (unpaired) electrons. The van der Waals surface area contributed by atoms with E-state index in [0.29, 0.717) is 6.54 Å². The molecule has 0 aliphatic rings. The summed E-state index contributed by atoms with van der Waals surface area (Å²) in [6.07, 6.45) is 2.63. The first-order chi connectivity index (χ1) is 8.38. The van der Waals surface area contributed by atoms with Crippen LogP contribution >= 0.6 is 11.3 Å². The van der Waals surface area contributed by atoms with Crippen molar-refractivity contribution < 1.29 is 0 Å². The molecule has 0 atom stereocenters. The lowest BCUT2D eigenvalue weighted by Gasteiger charge is -2.01. The zero-order valence-electron chi connectivity index (χ0n) is 9.21. The van der Waals surface area contributed by atoms with Crippen molar-refractivity contribution in [1.82, 2.24) is 14.6 Å². The Labute approximate surface area is 103 Å². The Bertz CT molecular complexity index is 627. The molecule has 0 aliphatic heterocycles. The van der Waals surface area contributed by atoms with Crippen LogP contribution in [0.15, 0.2) is 35.8 Å². The van der Waals surface area contributed by atoms with Gasteiger partial charge in [0.25, 0.3) is 0 Å². The standard InChI is InChI=1S/C12H12N4S/c13-6-5-9-8-14-12-4-3-10(15-16(9)12)11-2-1-7-17-11/h1-4,7-8H,5-6,13H2. The molecule has 17 heavy (non-hydrogen) atoms. The zero-order valence-corrected chi connectivity index (χ0v) is 10.0. The van der Waals surface area contributed by atoms with E-state index in [1.165, 1.54) is 4.88 Å². The highest BCUT2D eigenvalue weighted by Gasteiger charge is 2.06. The molecule has 3 aromatic heterocycles. The molecule has 4 nitrogen and oxygen atoms in total. The summed E-state index contributed by atoms with van der Waals surface area (Å²) in [6, 6.07) is 8.08. The fourth-order valence-corrected chi connectivity index (χ4v) is 2.49. The maximum Gasteiger partial charge on any atom is 0.153 e. The van der Waals surface area contributed by atoms with Crippen LogP contribution in [0.3, 0.4) is 0 Å². The Morgan fingerprint density at radius 2 is 2.24 bits per heavy atom. The Morgan fingerprint density at radius 1 is 1.29 bits per heavy atom. The summed E-state index contributed by atoms with van der Waals surface area (Å²) in [7, 11) is 0. The van der Waals surface area contributed by atoms with E-state index in [-0.39, 0.29) is 0 Å². The molecule has 0 saturated carbocycles. The van der Waals surface area contributed by atoms with Gasteiger partial charge in [-0.1, -0.05) is 6.07 Å². The van der Waals surface area contributed by atoms with Gasteiger partial charge in [0.1, 0.15) is 5.69 Å². The third kappa shape index (κ3) is 1.83. The van der Waals surface area contributed by atoms with Crippen molar-refractivity contribution in [3.05, 3.63) is 41.5 Å². The van der Waals surface area contributed by atoms with Crippen molar-refractivity contribution in [2.75, 3.05) is 6.54 Å². The second-order valence-electron chi connectivity index (χ2n) is 3.75. The number of nitrogens with zero attached hydrogens (tertiary/aromatic N) is 3. The van der Waals surface area contributed by atoms with Gasteiger partial charge in [-0.15, -0.1) is 11.3 Å². The smallest absolute Gasteiger partial charge is 0.153 e. The molecule has 0 unspecified atom stereocenters. The summed E-state index contributed by atoms with van der Waals surface area (Å²) in [5.41, 5.74) is 8.48. The normalized spacial score (nSPS) is 11.1. The van der Waals surface area contributed by atoms with Gasteiger partial charge < -0.3 is 5.73 Å². The van der Waals surface area contributed by atoms with Gasteiger partial charge in [-0.2, -0.15) is 5.10 Å². The zero-order chi connectivity index (χ0) is 11.7. The molecule has 0 saturated heterocycles. The maximum absolute atomic E-state index is 5.58. The summed E-state index contributed by atoms with van der Waals surface area (Å²) < 4.78 is 1.88. The average Bonchev–Trinajstić information content (AvgIpc) is 2.98. The van der Waals surface area contributed by atoms with Crippen LogP contribution in [-0.4, -0.2) is 21.1 Å². The molecule has 0 aliphatic carbocycles. The number of fused-ring (bicyclic) bond motifs is 1. The molecule has 0 amide bonds. The van der Waals surface area contributed by atoms with E-state index in [4.69, 9.17) is 5.73 Å². The van der Waals surface area contributed by atoms with Crippen LogP contribution in [0.4, 0.5) is 0 Å². The highest BCUT2D eigenvalue weighted by atomic mass is 32.1. The number of imidazole rings is 1. The molecule has 0 aromatic carbocycles. The first-order valence-electron chi connectivity index (χ1n) is 5.46. The van der Waals surface area contributed by atoms with Crippen LogP contribution in [-0.2, 0) is 6.42 Å². The molecule has 0 spiro atoms. The largest absolute Gasteiger partial charge is 0.330 e. The lowest BCUT2D eigenvalue weighted by atomic mass is 10.3. The van der Waals surface area contributed by atoms with Gasteiger partial charge in [-0.3, -0.25) is 0 Å². The Morgan fingerprint density at radius 3 is 3.00 bits per heavy atom. The number of hydrogen-bond donors (Lipinski definition) is 1. The monoisotopic (exact) mass is 244 g/mol. The van der Waals surface area contributed by atoms with Gasteiger partial charge in [0.2, 0.25) is 0 Å². The summed E-state index contributed by atoms with van der Waals surface area (Å²) in [5.74, 6) is 0. The third-order valence-electron chi connectivity index (χ3n) is 2.61.